The van der Waals surface area contributed by atoms with Crippen molar-refractivity contribution in [2.24, 2.45) is 0 Å². The van der Waals surface area contributed by atoms with E-state index in [-0.39, 0.29) is 12.1 Å². The van der Waals surface area contributed by atoms with Gasteiger partial charge in [0.05, 0.1) is 11.4 Å². The Balaban J connectivity index is 1.16. The van der Waals surface area contributed by atoms with Crippen molar-refractivity contribution >= 4 is 22.4 Å². The minimum absolute atomic E-state index is 0.0855. The van der Waals surface area contributed by atoms with E-state index in [1.807, 2.05) is 47.1 Å². The molecule has 1 aliphatic carbocycles. The van der Waals surface area contributed by atoms with Gasteiger partial charge in [-0.3, -0.25) is 0 Å². The number of benzene rings is 2. The summed E-state index contributed by atoms with van der Waals surface area (Å²) in [7, 11) is 0. The number of nitrogen functional groups attached to an aromatic ring is 1. The fourth-order valence-electron chi connectivity index (χ4n) is 4.91. The highest BCUT2D eigenvalue weighted by atomic mass is 16.5. The number of ether oxygens (including phenoxy) is 2. The fourth-order valence-corrected chi connectivity index (χ4v) is 4.91. The van der Waals surface area contributed by atoms with Gasteiger partial charge in [-0.25, -0.2) is 14.6 Å². The Morgan fingerprint density at radius 1 is 1.05 bits per heavy atom. The number of hydrogen-bond donors (Lipinski definition) is 2. The van der Waals surface area contributed by atoms with Gasteiger partial charge in [0.1, 0.15) is 42.0 Å². The number of fused-ring (bicyclic) bond motifs is 1. The maximum atomic E-state index is 6.30. The highest BCUT2D eigenvalue weighted by molar-refractivity contribution is 5.97. The van der Waals surface area contributed by atoms with Crippen molar-refractivity contribution in [1.82, 2.24) is 25.1 Å². The van der Waals surface area contributed by atoms with Gasteiger partial charge >= 0.3 is 0 Å². The van der Waals surface area contributed by atoms with Crippen molar-refractivity contribution in [1.29, 1.82) is 0 Å². The van der Waals surface area contributed by atoms with E-state index < -0.39 is 0 Å². The Bertz CT molecular complexity index is 1440. The van der Waals surface area contributed by atoms with Crippen LogP contribution < -0.4 is 20.5 Å². The number of piperidine rings is 1. The van der Waals surface area contributed by atoms with Crippen LogP contribution in [0.25, 0.3) is 16.6 Å². The SMILES string of the molecule is Nc1ncnc2c1c(C1=CCC(Oc3cccc(OCc4ccccc4)c3)C=C1)nn2[C@@H]1CCCNC1. The Morgan fingerprint density at radius 3 is 2.76 bits per heavy atom. The van der Waals surface area contributed by atoms with Gasteiger partial charge in [-0.1, -0.05) is 48.6 Å². The second-order valence-electron chi connectivity index (χ2n) is 9.41. The molecule has 1 saturated heterocycles. The third kappa shape index (κ3) is 5.06. The van der Waals surface area contributed by atoms with Gasteiger partial charge in [0, 0.05) is 19.0 Å². The Hall–Kier alpha value is -4.17. The summed E-state index contributed by atoms with van der Waals surface area (Å²) in [6, 6.07) is 18.2. The molecule has 0 saturated carbocycles. The lowest BCUT2D eigenvalue weighted by Crippen LogP contribution is -2.32. The molecule has 2 atom stereocenters. The molecule has 8 heteroatoms. The average Bonchev–Trinajstić information content (AvgIpc) is 3.35. The molecule has 3 heterocycles. The van der Waals surface area contributed by atoms with Crippen LogP contribution >= 0.6 is 0 Å². The maximum absolute atomic E-state index is 6.30. The smallest absolute Gasteiger partial charge is 0.164 e. The molecule has 1 unspecified atom stereocenters. The molecule has 0 bridgehead atoms. The average molecular weight is 495 g/mol. The molecule has 37 heavy (non-hydrogen) atoms. The van der Waals surface area contributed by atoms with Crippen LogP contribution in [0.15, 0.2) is 79.2 Å². The van der Waals surface area contributed by atoms with E-state index in [4.69, 9.17) is 20.3 Å². The predicted molar refractivity (Wildman–Crippen MR) is 144 cm³/mol. The van der Waals surface area contributed by atoms with E-state index >= 15 is 0 Å². The molecule has 8 nitrogen and oxygen atoms in total. The molecule has 6 rings (SSSR count). The second-order valence-corrected chi connectivity index (χ2v) is 9.41. The third-order valence-corrected chi connectivity index (χ3v) is 6.81. The number of allylic oxidation sites excluding steroid dienone is 2. The van der Waals surface area contributed by atoms with Crippen molar-refractivity contribution < 1.29 is 9.47 Å². The Morgan fingerprint density at radius 2 is 1.95 bits per heavy atom. The predicted octanol–water partition coefficient (Wildman–Crippen LogP) is 4.70. The molecule has 1 fully saturated rings. The Kier molecular flexibility index (Phi) is 6.56. The first-order valence-electron chi connectivity index (χ1n) is 12.8. The molecule has 2 aromatic heterocycles. The van der Waals surface area contributed by atoms with Gasteiger partial charge in [-0.2, -0.15) is 5.10 Å². The molecule has 1 aliphatic heterocycles. The minimum Gasteiger partial charge on any atom is -0.489 e. The van der Waals surface area contributed by atoms with Crippen LogP contribution in [0.3, 0.4) is 0 Å². The maximum Gasteiger partial charge on any atom is 0.164 e. The third-order valence-electron chi connectivity index (χ3n) is 6.81. The summed E-state index contributed by atoms with van der Waals surface area (Å²) in [5.41, 5.74) is 10.1. The standard InChI is InChI=1S/C29H30N6O2/c30-28-26-27(34-35(29(26)33-19-32-28)22-8-5-15-31-17-22)21-11-13-23(14-12-21)37-25-10-4-9-24(16-25)36-18-20-6-2-1-3-7-20/h1-4,6-7,9-13,16,19,22-23,31H,5,8,14-15,17-18H2,(H2,30,32,33)/t22-,23?/m1/s1. The quantitative estimate of drug-likeness (QED) is 0.384. The number of nitrogens with zero attached hydrogens (tertiary/aromatic N) is 4. The zero-order chi connectivity index (χ0) is 25.0. The van der Waals surface area contributed by atoms with Crippen LogP contribution in [0.5, 0.6) is 11.5 Å². The van der Waals surface area contributed by atoms with Gasteiger partial charge in [0.15, 0.2) is 5.65 Å². The first-order valence-corrected chi connectivity index (χ1v) is 12.8. The molecular formula is C29H30N6O2. The number of nitrogens with two attached hydrogens (primary N) is 1. The molecular weight excluding hydrogens is 464 g/mol. The number of rotatable bonds is 7. The van der Waals surface area contributed by atoms with Crippen molar-refractivity contribution in [2.75, 3.05) is 18.8 Å². The molecule has 3 N–H and O–H groups in total. The second kappa shape index (κ2) is 10.4. The molecule has 0 amide bonds. The van der Waals surface area contributed by atoms with Crippen LogP contribution in [-0.2, 0) is 6.61 Å². The summed E-state index contributed by atoms with van der Waals surface area (Å²) < 4.78 is 14.2. The van der Waals surface area contributed by atoms with Gasteiger partial charge < -0.3 is 20.5 Å². The van der Waals surface area contributed by atoms with E-state index in [1.165, 1.54) is 6.33 Å². The molecule has 2 aliphatic rings. The lowest BCUT2D eigenvalue weighted by Gasteiger charge is -2.23. The first kappa shape index (κ1) is 23.2. The van der Waals surface area contributed by atoms with Crippen molar-refractivity contribution in [2.45, 2.75) is 38.0 Å². The summed E-state index contributed by atoms with van der Waals surface area (Å²) in [5, 5.41) is 9.25. The summed E-state index contributed by atoms with van der Waals surface area (Å²) >= 11 is 0. The molecule has 4 aromatic rings. The van der Waals surface area contributed by atoms with Crippen LogP contribution in [0.1, 0.15) is 36.6 Å². The summed E-state index contributed by atoms with van der Waals surface area (Å²) in [4.78, 5) is 8.78. The van der Waals surface area contributed by atoms with Gasteiger partial charge in [-0.05, 0) is 48.7 Å². The lowest BCUT2D eigenvalue weighted by molar-refractivity contribution is 0.248. The number of hydrogen-bond acceptors (Lipinski definition) is 7. The minimum atomic E-state index is -0.0855. The molecule has 188 valence electrons. The first-order chi connectivity index (χ1) is 18.2. The molecule has 0 radical (unpaired) electrons. The number of anilines is 1. The van der Waals surface area contributed by atoms with Crippen LogP contribution in [-0.4, -0.2) is 38.9 Å². The van der Waals surface area contributed by atoms with Crippen molar-refractivity contribution in [3.05, 3.63) is 90.4 Å². The van der Waals surface area contributed by atoms with Crippen molar-refractivity contribution in [3.63, 3.8) is 0 Å². The van der Waals surface area contributed by atoms with Gasteiger partial charge in [0.2, 0.25) is 0 Å². The van der Waals surface area contributed by atoms with E-state index in [1.54, 1.807) is 0 Å². The highest BCUT2D eigenvalue weighted by Gasteiger charge is 2.25. The monoisotopic (exact) mass is 494 g/mol. The van der Waals surface area contributed by atoms with Gasteiger partial charge in [0.25, 0.3) is 0 Å². The van der Waals surface area contributed by atoms with Crippen LogP contribution in [0.4, 0.5) is 5.82 Å². The summed E-state index contributed by atoms with van der Waals surface area (Å²) in [6.45, 7) is 2.43. The fraction of sp³-hybridized carbons (Fsp3) is 0.276. The van der Waals surface area contributed by atoms with Crippen LogP contribution in [0.2, 0.25) is 0 Å². The summed E-state index contributed by atoms with van der Waals surface area (Å²) in [5.74, 6) is 2.01. The van der Waals surface area contributed by atoms with E-state index in [0.29, 0.717) is 18.8 Å². The number of nitrogens with one attached hydrogen (secondary N) is 1. The largest absolute Gasteiger partial charge is 0.489 e. The van der Waals surface area contributed by atoms with Crippen LogP contribution in [0, 0.1) is 0 Å². The van der Waals surface area contributed by atoms with E-state index in [9.17, 15) is 0 Å². The Labute approximate surface area is 215 Å². The van der Waals surface area contributed by atoms with E-state index in [2.05, 4.69) is 45.6 Å². The summed E-state index contributed by atoms with van der Waals surface area (Å²) in [6.07, 6.45) is 10.6. The van der Waals surface area contributed by atoms with E-state index in [0.717, 1.165) is 65.3 Å². The zero-order valence-electron chi connectivity index (χ0n) is 20.6. The topological polar surface area (TPSA) is 100 Å². The lowest BCUT2D eigenvalue weighted by atomic mass is 10.0. The van der Waals surface area contributed by atoms with Crippen molar-refractivity contribution in [3.8, 4) is 11.5 Å². The zero-order valence-corrected chi connectivity index (χ0v) is 20.6. The number of aromatic nitrogens is 4. The van der Waals surface area contributed by atoms with Gasteiger partial charge in [-0.15, -0.1) is 0 Å². The molecule has 0 spiro atoms. The normalized spacial score (nSPS) is 19.5. The molecule has 2 aromatic carbocycles. The highest BCUT2D eigenvalue weighted by Crippen LogP contribution is 2.33.